The van der Waals surface area contributed by atoms with Gasteiger partial charge in [0.1, 0.15) is 0 Å². The highest BCUT2D eigenvalue weighted by Crippen LogP contribution is 2.19. The van der Waals surface area contributed by atoms with E-state index < -0.39 is 0 Å². The van der Waals surface area contributed by atoms with E-state index in [1.807, 2.05) is 47.4 Å². The number of aryl methyl sites for hydroxylation is 1. The van der Waals surface area contributed by atoms with Crippen molar-refractivity contribution in [3.05, 3.63) is 59.7 Å². The van der Waals surface area contributed by atoms with Crippen molar-refractivity contribution < 1.29 is 14.3 Å². The van der Waals surface area contributed by atoms with Crippen molar-refractivity contribution in [3.8, 4) is 0 Å². The maximum atomic E-state index is 12.5. The lowest BCUT2D eigenvalue weighted by Crippen LogP contribution is -2.50. The smallest absolute Gasteiger partial charge is 0.337 e. The molecule has 6 nitrogen and oxygen atoms in total. The van der Waals surface area contributed by atoms with Gasteiger partial charge in [-0.05, 0) is 42.3 Å². The average molecular weight is 367 g/mol. The molecule has 0 aromatic heterocycles. The molecule has 1 heterocycles. The minimum absolute atomic E-state index is 0.0813. The topological polar surface area (TPSA) is 61.9 Å². The quantitative estimate of drug-likeness (QED) is 0.842. The third kappa shape index (κ3) is 4.58. The first-order chi connectivity index (χ1) is 13.1. The Morgan fingerprint density at radius 2 is 1.74 bits per heavy atom. The summed E-state index contributed by atoms with van der Waals surface area (Å²) >= 11 is 0. The van der Waals surface area contributed by atoms with Crippen LogP contribution in [0.3, 0.4) is 0 Å². The number of rotatable bonds is 4. The van der Waals surface area contributed by atoms with Gasteiger partial charge in [-0.25, -0.2) is 9.59 Å². The molecule has 0 atom stereocenters. The summed E-state index contributed by atoms with van der Waals surface area (Å²) < 4.78 is 4.78. The number of piperazine rings is 1. The van der Waals surface area contributed by atoms with Crippen LogP contribution in [-0.4, -0.2) is 50.2 Å². The van der Waals surface area contributed by atoms with Crippen LogP contribution in [0.1, 0.15) is 22.8 Å². The molecule has 142 valence electrons. The van der Waals surface area contributed by atoms with Crippen LogP contribution in [0.2, 0.25) is 0 Å². The van der Waals surface area contributed by atoms with Crippen molar-refractivity contribution in [2.75, 3.05) is 43.5 Å². The fraction of sp³-hybridized carbons (Fsp3) is 0.333. The molecular formula is C21H25N3O3. The van der Waals surface area contributed by atoms with Gasteiger partial charge in [-0.3, -0.25) is 0 Å². The van der Waals surface area contributed by atoms with Crippen LogP contribution in [0.4, 0.5) is 16.2 Å². The molecule has 0 unspecified atom stereocenters. The number of methoxy groups -OCH3 is 1. The number of ether oxygens (including phenoxy) is 1. The molecule has 1 fully saturated rings. The van der Waals surface area contributed by atoms with Gasteiger partial charge in [0.15, 0.2) is 0 Å². The maximum absolute atomic E-state index is 12.5. The molecule has 2 aromatic carbocycles. The summed E-state index contributed by atoms with van der Waals surface area (Å²) in [5.41, 5.74) is 3.56. The van der Waals surface area contributed by atoms with Crippen LogP contribution in [0.15, 0.2) is 48.5 Å². The summed E-state index contributed by atoms with van der Waals surface area (Å²) in [7, 11) is 1.38. The molecule has 3 rings (SSSR count). The first-order valence-corrected chi connectivity index (χ1v) is 9.19. The molecule has 0 bridgehead atoms. The number of nitrogens with one attached hydrogen (secondary N) is 1. The summed E-state index contributed by atoms with van der Waals surface area (Å²) in [6.07, 6.45) is 0.980. The van der Waals surface area contributed by atoms with Gasteiger partial charge in [0.05, 0.1) is 12.7 Å². The minimum Gasteiger partial charge on any atom is -0.465 e. The van der Waals surface area contributed by atoms with E-state index in [2.05, 4.69) is 17.1 Å². The summed E-state index contributed by atoms with van der Waals surface area (Å²) in [5.74, 6) is -0.344. The predicted octanol–water partition coefficient (Wildman–Crippen LogP) is 3.39. The number of hydrogen-bond acceptors (Lipinski definition) is 4. The second kappa shape index (κ2) is 8.58. The number of hydrogen-bond donors (Lipinski definition) is 1. The van der Waals surface area contributed by atoms with Gasteiger partial charge in [0, 0.05) is 37.6 Å². The number of nitrogens with zero attached hydrogens (tertiary/aromatic N) is 2. The Balaban J connectivity index is 1.56. The second-order valence-corrected chi connectivity index (χ2v) is 6.50. The zero-order chi connectivity index (χ0) is 19.2. The van der Waals surface area contributed by atoms with Crippen molar-refractivity contribution in [2.24, 2.45) is 0 Å². The van der Waals surface area contributed by atoms with Crippen LogP contribution in [0.5, 0.6) is 0 Å². The Morgan fingerprint density at radius 3 is 2.37 bits per heavy atom. The Bertz CT molecular complexity index is 797. The number of esters is 1. The molecule has 1 aliphatic heterocycles. The van der Waals surface area contributed by atoms with Crippen molar-refractivity contribution in [2.45, 2.75) is 13.3 Å². The lowest BCUT2D eigenvalue weighted by molar-refractivity contribution is 0.0600. The van der Waals surface area contributed by atoms with Gasteiger partial charge >= 0.3 is 12.0 Å². The van der Waals surface area contributed by atoms with Crippen molar-refractivity contribution in [3.63, 3.8) is 0 Å². The van der Waals surface area contributed by atoms with Crippen molar-refractivity contribution in [1.29, 1.82) is 0 Å². The van der Waals surface area contributed by atoms with E-state index >= 15 is 0 Å². The number of urea groups is 1. The third-order valence-electron chi connectivity index (χ3n) is 4.81. The minimum atomic E-state index is -0.344. The van der Waals surface area contributed by atoms with E-state index in [1.165, 1.54) is 12.7 Å². The van der Waals surface area contributed by atoms with Gasteiger partial charge in [-0.15, -0.1) is 0 Å². The Hall–Kier alpha value is -3.02. The van der Waals surface area contributed by atoms with E-state index in [-0.39, 0.29) is 12.0 Å². The van der Waals surface area contributed by atoms with Crippen LogP contribution >= 0.6 is 0 Å². The number of carbonyl (C=O) groups excluding carboxylic acids is 2. The zero-order valence-corrected chi connectivity index (χ0v) is 15.8. The van der Waals surface area contributed by atoms with Crippen molar-refractivity contribution >= 4 is 23.4 Å². The van der Waals surface area contributed by atoms with Crippen LogP contribution in [-0.2, 0) is 11.2 Å². The highest BCUT2D eigenvalue weighted by Gasteiger charge is 2.22. The third-order valence-corrected chi connectivity index (χ3v) is 4.81. The first-order valence-electron chi connectivity index (χ1n) is 9.19. The fourth-order valence-electron chi connectivity index (χ4n) is 3.14. The average Bonchev–Trinajstić information content (AvgIpc) is 2.74. The largest absolute Gasteiger partial charge is 0.465 e. The SMILES string of the molecule is CCc1ccc(NC(=O)N2CCN(c3cccc(C(=O)OC)c3)CC2)cc1. The van der Waals surface area contributed by atoms with E-state index in [9.17, 15) is 9.59 Å². The predicted molar refractivity (Wildman–Crippen MR) is 106 cm³/mol. The number of amides is 2. The number of anilines is 2. The van der Waals surface area contributed by atoms with E-state index in [0.717, 1.165) is 17.8 Å². The van der Waals surface area contributed by atoms with Gasteiger partial charge in [-0.1, -0.05) is 25.1 Å². The number of carbonyl (C=O) groups is 2. The maximum Gasteiger partial charge on any atom is 0.337 e. The number of benzene rings is 2. The molecular weight excluding hydrogens is 342 g/mol. The second-order valence-electron chi connectivity index (χ2n) is 6.50. The molecule has 0 spiro atoms. The molecule has 2 amide bonds. The highest BCUT2D eigenvalue weighted by atomic mass is 16.5. The lowest BCUT2D eigenvalue weighted by atomic mass is 10.1. The summed E-state index contributed by atoms with van der Waals surface area (Å²) in [6, 6.07) is 15.2. The Morgan fingerprint density at radius 1 is 1.04 bits per heavy atom. The summed E-state index contributed by atoms with van der Waals surface area (Å²) in [5, 5.41) is 2.96. The van der Waals surface area contributed by atoms with Gasteiger partial charge in [-0.2, -0.15) is 0 Å². The summed E-state index contributed by atoms with van der Waals surface area (Å²) in [6.45, 7) is 4.79. The molecule has 0 aliphatic carbocycles. The molecule has 0 saturated carbocycles. The summed E-state index contributed by atoms with van der Waals surface area (Å²) in [4.78, 5) is 28.2. The first kappa shape index (κ1) is 18.8. The Labute approximate surface area is 159 Å². The fourth-order valence-corrected chi connectivity index (χ4v) is 3.14. The highest BCUT2D eigenvalue weighted by molar-refractivity contribution is 5.91. The lowest BCUT2D eigenvalue weighted by Gasteiger charge is -2.36. The van der Waals surface area contributed by atoms with E-state index in [4.69, 9.17) is 4.74 Å². The monoisotopic (exact) mass is 367 g/mol. The standard InChI is InChI=1S/C21H25N3O3/c1-3-16-7-9-18(10-8-16)22-21(26)24-13-11-23(12-14-24)19-6-4-5-17(15-19)20(25)27-2/h4-10,15H,3,11-14H2,1-2H3,(H,22,26). The molecule has 6 heteroatoms. The van der Waals surface area contributed by atoms with Gasteiger partial charge in [0.25, 0.3) is 0 Å². The Kier molecular flexibility index (Phi) is 5.96. The van der Waals surface area contributed by atoms with E-state index in [1.54, 1.807) is 6.07 Å². The molecule has 1 N–H and O–H groups in total. The molecule has 1 aliphatic rings. The molecule has 27 heavy (non-hydrogen) atoms. The van der Waals surface area contributed by atoms with Crippen molar-refractivity contribution in [1.82, 2.24) is 4.90 Å². The zero-order valence-electron chi connectivity index (χ0n) is 15.8. The van der Waals surface area contributed by atoms with E-state index in [0.29, 0.717) is 31.7 Å². The molecule has 2 aromatic rings. The van der Waals surface area contributed by atoms with Crippen LogP contribution < -0.4 is 10.2 Å². The molecule has 0 radical (unpaired) electrons. The normalized spacial score (nSPS) is 14.0. The van der Waals surface area contributed by atoms with Gasteiger partial charge in [0.2, 0.25) is 0 Å². The van der Waals surface area contributed by atoms with Crippen LogP contribution in [0, 0.1) is 0 Å². The van der Waals surface area contributed by atoms with Crippen LogP contribution in [0.25, 0.3) is 0 Å². The van der Waals surface area contributed by atoms with Gasteiger partial charge < -0.3 is 19.9 Å². The molecule has 1 saturated heterocycles.